The van der Waals surface area contributed by atoms with Crippen molar-refractivity contribution in [3.05, 3.63) is 18.5 Å². The molecule has 0 bridgehead atoms. The first-order valence-electron chi connectivity index (χ1n) is 5.70. The van der Waals surface area contributed by atoms with Crippen LogP contribution in [0.1, 0.15) is 6.92 Å². The Morgan fingerprint density at radius 3 is 2.82 bits per heavy atom. The van der Waals surface area contributed by atoms with Gasteiger partial charge >= 0.3 is 0 Å². The molecule has 1 heterocycles. The Labute approximate surface area is 106 Å². The highest BCUT2D eigenvalue weighted by atomic mass is 32.2. The molecule has 1 aromatic heterocycles. The number of aliphatic hydroxyl groups excluding tert-OH is 2. The minimum Gasteiger partial charge on any atom is -0.395 e. The molecule has 3 unspecified atom stereocenters. The van der Waals surface area contributed by atoms with Crippen molar-refractivity contribution in [3.63, 3.8) is 0 Å². The third kappa shape index (κ3) is 5.08. The van der Waals surface area contributed by atoms with E-state index in [1.165, 1.54) is 0 Å². The molecule has 0 saturated carbocycles. The van der Waals surface area contributed by atoms with E-state index in [1.54, 1.807) is 22.6 Å². The van der Waals surface area contributed by atoms with Crippen molar-refractivity contribution in [2.45, 2.75) is 30.9 Å². The lowest BCUT2D eigenvalue weighted by molar-refractivity contribution is 0.141. The van der Waals surface area contributed by atoms with Crippen molar-refractivity contribution < 1.29 is 10.2 Å². The van der Waals surface area contributed by atoms with E-state index >= 15 is 0 Å². The van der Waals surface area contributed by atoms with Gasteiger partial charge in [0.05, 0.1) is 19.3 Å². The number of hydrogen-bond donors (Lipinski definition) is 3. The maximum atomic E-state index is 9.80. The Bertz CT molecular complexity index is 291. The summed E-state index contributed by atoms with van der Waals surface area (Å²) in [5.41, 5.74) is 0. The molecule has 1 aromatic rings. The molecule has 0 aliphatic rings. The monoisotopic (exact) mass is 259 g/mol. The van der Waals surface area contributed by atoms with Crippen LogP contribution in [0.5, 0.6) is 0 Å². The summed E-state index contributed by atoms with van der Waals surface area (Å²) in [6, 6.07) is 2.00. The maximum absolute atomic E-state index is 9.80. The Kier molecular flexibility index (Phi) is 6.57. The molecule has 0 aliphatic carbocycles. The van der Waals surface area contributed by atoms with E-state index in [9.17, 15) is 5.11 Å². The summed E-state index contributed by atoms with van der Waals surface area (Å²) in [7, 11) is 0. The highest BCUT2D eigenvalue weighted by Crippen LogP contribution is 2.10. The summed E-state index contributed by atoms with van der Waals surface area (Å²) >= 11 is 1.62. The lowest BCUT2D eigenvalue weighted by Gasteiger charge is -2.23. The second kappa shape index (κ2) is 7.71. The van der Waals surface area contributed by atoms with Gasteiger partial charge in [-0.05, 0) is 19.2 Å². The number of hydrogen-bond acceptors (Lipinski definition) is 5. The molecule has 0 fully saturated rings. The molecule has 1 rings (SSSR count). The van der Waals surface area contributed by atoms with E-state index in [0.29, 0.717) is 13.1 Å². The summed E-state index contributed by atoms with van der Waals surface area (Å²) < 4.78 is 1.70. The summed E-state index contributed by atoms with van der Waals surface area (Å²) in [6.07, 6.45) is 5.02. The van der Waals surface area contributed by atoms with Crippen LogP contribution in [-0.2, 0) is 6.54 Å². The number of rotatable bonds is 8. The van der Waals surface area contributed by atoms with Gasteiger partial charge < -0.3 is 15.5 Å². The first-order valence-corrected chi connectivity index (χ1v) is 6.98. The third-order valence-corrected chi connectivity index (χ3v) is 3.84. The zero-order valence-electron chi connectivity index (χ0n) is 10.3. The van der Waals surface area contributed by atoms with Crippen LogP contribution >= 0.6 is 11.8 Å². The van der Waals surface area contributed by atoms with Crippen LogP contribution in [0.3, 0.4) is 0 Å². The standard InChI is InChI=1S/C11H21N3O2S/c1-9(11(8-15)17-2)12-6-10(16)7-14-5-3-4-13-14/h3-5,9-12,15-16H,6-8H2,1-2H3. The highest BCUT2D eigenvalue weighted by Gasteiger charge is 2.15. The van der Waals surface area contributed by atoms with E-state index in [0.717, 1.165) is 0 Å². The average molecular weight is 259 g/mol. The SMILES string of the molecule is CSC(CO)C(C)NCC(O)Cn1cccn1. The Balaban J connectivity index is 2.25. The van der Waals surface area contributed by atoms with Crippen molar-refractivity contribution in [2.75, 3.05) is 19.4 Å². The van der Waals surface area contributed by atoms with Crippen LogP contribution < -0.4 is 5.32 Å². The highest BCUT2D eigenvalue weighted by molar-refractivity contribution is 7.99. The molecule has 6 heteroatoms. The fraction of sp³-hybridized carbons (Fsp3) is 0.727. The largest absolute Gasteiger partial charge is 0.395 e. The molecule has 5 nitrogen and oxygen atoms in total. The predicted molar refractivity (Wildman–Crippen MR) is 70.1 cm³/mol. The van der Waals surface area contributed by atoms with Gasteiger partial charge in [0.1, 0.15) is 0 Å². The second-order valence-corrected chi connectivity index (χ2v) is 5.11. The molecular weight excluding hydrogens is 238 g/mol. The third-order valence-electron chi connectivity index (χ3n) is 2.67. The molecule has 0 aromatic carbocycles. The van der Waals surface area contributed by atoms with Crippen LogP contribution in [0.15, 0.2) is 18.5 Å². The number of aliphatic hydroxyl groups is 2. The minimum absolute atomic E-state index is 0.143. The smallest absolute Gasteiger partial charge is 0.0860 e. The normalized spacial score (nSPS) is 16.7. The summed E-state index contributed by atoms with van der Waals surface area (Å²) in [5.74, 6) is 0. The molecule has 0 saturated heterocycles. The van der Waals surface area contributed by atoms with E-state index in [2.05, 4.69) is 10.4 Å². The molecule has 0 spiro atoms. The first-order chi connectivity index (χ1) is 8.17. The zero-order chi connectivity index (χ0) is 12.7. The maximum Gasteiger partial charge on any atom is 0.0860 e. The lowest BCUT2D eigenvalue weighted by atomic mass is 10.2. The van der Waals surface area contributed by atoms with Gasteiger partial charge in [0.15, 0.2) is 0 Å². The van der Waals surface area contributed by atoms with E-state index in [1.807, 2.05) is 25.4 Å². The van der Waals surface area contributed by atoms with Crippen LogP contribution in [-0.4, -0.2) is 56.8 Å². The van der Waals surface area contributed by atoms with Gasteiger partial charge in [-0.1, -0.05) is 0 Å². The summed E-state index contributed by atoms with van der Waals surface area (Å²) in [4.78, 5) is 0. The van der Waals surface area contributed by atoms with Crippen molar-refractivity contribution >= 4 is 11.8 Å². The molecule has 0 radical (unpaired) electrons. The Morgan fingerprint density at radius 2 is 2.29 bits per heavy atom. The molecule has 17 heavy (non-hydrogen) atoms. The number of aromatic nitrogens is 2. The quantitative estimate of drug-likeness (QED) is 0.610. The van der Waals surface area contributed by atoms with Crippen LogP contribution in [0.4, 0.5) is 0 Å². The van der Waals surface area contributed by atoms with Gasteiger partial charge in [-0.15, -0.1) is 0 Å². The van der Waals surface area contributed by atoms with Crippen molar-refractivity contribution in [2.24, 2.45) is 0 Å². The van der Waals surface area contributed by atoms with Gasteiger partial charge in [0, 0.05) is 30.2 Å². The van der Waals surface area contributed by atoms with E-state index < -0.39 is 6.10 Å². The van der Waals surface area contributed by atoms with Gasteiger partial charge in [-0.2, -0.15) is 16.9 Å². The molecule has 98 valence electrons. The van der Waals surface area contributed by atoms with Crippen molar-refractivity contribution in [1.82, 2.24) is 15.1 Å². The van der Waals surface area contributed by atoms with Gasteiger partial charge in [-0.25, -0.2) is 0 Å². The number of nitrogens with one attached hydrogen (secondary N) is 1. The summed E-state index contributed by atoms with van der Waals surface area (Å²) in [5, 5.41) is 26.4. The number of nitrogens with zero attached hydrogens (tertiary/aromatic N) is 2. The van der Waals surface area contributed by atoms with E-state index in [4.69, 9.17) is 5.11 Å². The fourth-order valence-electron chi connectivity index (χ4n) is 1.58. The fourth-order valence-corrected chi connectivity index (χ4v) is 2.23. The molecule has 0 amide bonds. The average Bonchev–Trinajstić information content (AvgIpc) is 2.81. The Morgan fingerprint density at radius 1 is 1.53 bits per heavy atom. The zero-order valence-corrected chi connectivity index (χ0v) is 11.1. The van der Waals surface area contributed by atoms with Gasteiger partial charge in [0.25, 0.3) is 0 Å². The van der Waals surface area contributed by atoms with Gasteiger partial charge in [-0.3, -0.25) is 4.68 Å². The second-order valence-electron chi connectivity index (χ2n) is 4.04. The Hall–Kier alpha value is -0.560. The van der Waals surface area contributed by atoms with Crippen molar-refractivity contribution in [1.29, 1.82) is 0 Å². The molecule has 3 N–H and O–H groups in total. The summed E-state index contributed by atoms with van der Waals surface area (Å²) in [6.45, 7) is 3.14. The molecular formula is C11H21N3O2S. The van der Waals surface area contributed by atoms with Crippen LogP contribution in [0, 0.1) is 0 Å². The van der Waals surface area contributed by atoms with Gasteiger partial charge in [0.2, 0.25) is 0 Å². The van der Waals surface area contributed by atoms with Crippen LogP contribution in [0.25, 0.3) is 0 Å². The predicted octanol–water partition coefficient (Wildman–Crippen LogP) is -0.0540. The first kappa shape index (κ1) is 14.5. The van der Waals surface area contributed by atoms with E-state index in [-0.39, 0.29) is 17.9 Å². The molecule has 0 aliphatic heterocycles. The number of thioether (sulfide) groups is 1. The van der Waals surface area contributed by atoms with Crippen LogP contribution in [0.2, 0.25) is 0 Å². The van der Waals surface area contributed by atoms with Crippen molar-refractivity contribution in [3.8, 4) is 0 Å². The topological polar surface area (TPSA) is 70.3 Å². The molecule has 3 atom stereocenters. The minimum atomic E-state index is -0.474. The lowest BCUT2D eigenvalue weighted by Crippen LogP contribution is -2.42.